The summed E-state index contributed by atoms with van der Waals surface area (Å²) in [5.74, 6) is 1.97. The zero-order chi connectivity index (χ0) is 12.8. The molecule has 0 spiro atoms. The summed E-state index contributed by atoms with van der Waals surface area (Å²) in [4.78, 5) is 0. The van der Waals surface area contributed by atoms with Crippen molar-refractivity contribution in [1.29, 1.82) is 0 Å². The molecule has 0 radical (unpaired) electrons. The number of hydrogen-bond donors (Lipinski definition) is 2. The van der Waals surface area contributed by atoms with E-state index in [1.165, 1.54) is 70.9 Å². The second-order valence-electron chi connectivity index (χ2n) is 6.69. The largest absolute Gasteiger partial charge is 0.330 e. The van der Waals surface area contributed by atoms with E-state index in [0.717, 1.165) is 23.8 Å². The van der Waals surface area contributed by atoms with Crippen LogP contribution in [0.3, 0.4) is 0 Å². The molecule has 0 saturated heterocycles. The fourth-order valence-electron chi connectivity index (χ4n) is 3.52. The molecule has 2 aliphatic rings. The third kappa shape index (κ3) is 4.24. The normalized spacial score (nSPS) is 23.0. The van der Waals surface area contributed by atoms with Gasteiger partial charge in [0.25, 0.3) is 0 Å². The van der Waals surface area contributed by atoms with Crippen molar-refractivity contribution in [3.63, 3.8) is 0 Å². The average Bonchev–Trinajstić information content (AvgIpc) is 3.22. The Kier molecular flexibility index (Phi) is 5.50. The van der Waals surface area contributed by atoms with Crippen molar-refractivity contribution in [3.05, 3.63) is 0 Å². The number of nitrogens with two attached hydrogens (primary N) is 1. The molecule has 0 aromatic carbocycles. The maximum Gasteiger partial charge on any atom is 0.00105 e. The lowest BCUT2D eigenvalue weighted by atomic mass is 9.94. The van der Waals surface area contributed by atoms with Crippen LogP contribution in [-0.4, -0.2) is 19.6 Å². The summed E-state index contributed by atoms with van der Waals surface area (Å²) in [5, 5.41) is 3.72. The van der Waals surface area contributed by atoms with Gasteiger partial charge in [0.2, 0.25) is 0 Å². The molecular weight excluding hydrogens is 220 g/mol. The van der Waals surface area contributed by atoms with Crippen LogP contribution in [0, 0.1) is 17.3 Å². The third-order valence-corrected chi connectivity index (χ3v) is 5.05. The third-order valence-electron chi connectivity index (χ3n) is 5.05. The molecule has 0 heterocycles. The van der Waals surface area contributed by atoms with E-state index < -0.39 is 0 Å². The van der Waals surface area contributed by atoms with Crippen LogP contribution in [0.25, 0.3) is 0 Å². The molecule has 0 aromatic rings. The topological polar surface area (TPSA) is 38.0 Å². The van der Waals surface area contributed by atoms with E-state index in [0.29, 0.717) is 0 Å². The Labute approximate surface area is 113 Å². The molecule has 106 valence electrons. The molecule has 0 aromatic heterocycles. The minimum atomic E-state index is 0.764. The van der Waals surface area contributed by atoms with E-state index >= 15 is 0 Å². The Morgan fingerprint density at radius 3 is 2.56 bits per heavy atom. The lowest BCUT2D eigenvalue weighted by Gasteiger charge is -2.17. The van der Waals surface area contributed by atoms with Gasteiger partial charge in [-0.25, -0.2) is 0 Å². The summed E-state index contributed by atoms with van der Waals surface area (Å²) < 4.78 is 0. The van der Waals surface area contributed by atoms with Crippen LogP contribution >= 0.6 is 0 Å². The molecule has 2 heteroatoms. The molecule has 2 nitrogen and oxygen atoms in total. The molecule has 1 atom stereocenters. The standard InChI is InChI=1S/C16H32N2/c1-2-4-14(8-11-17)5-3-12-18-13-16(9-10-16)15-6-7-15/h14-15,18H,2-13,17H2,1H3. The molecule has 3 N–H and O–H groups in total. The SMILES string of the molecule is CCCC(CCN)CCCNCC1(C2CC2)CC1. The number of hydrogen-bond acceptors (Lipinski definition) is 2. The van der Waals surface area contributed by atoms with E-state index in [2.05, 4.69) is 12.2 Å². The van der Waals surface area contributed by atoms with Gasteiger partial charge in [-0.15, -0.1) is 0 Å². The fraction of sp³-hybridized carbons (Fsp3) is 1.00. The fourth-order valence-corrected chi connectivity index (χ4v) is 3.52. The molecule has 2 saturated carbocycles. The van der Waals surface area contributed by atoms with Gasteiger partial charge in [-0.2, -0.15) is 0 Å². The molecule has 2 rings (SSSR count). The predicted octanol–water partition coefficient (Wildman–Crippen LogP) is 3.31. The molecule has 0 aliphatic heterocycles. The van der Waals surface area contributed by atoms with Gasteiger partial charge in [-0.1, -0.05) is 19.8 Å². The molecule has 0 amide bonds. The first-order valence-electron chi connectivity index (χ1n) is 8.21. The summed E-state index contributed by atoms with van der Waals surface area (Å²) in [7, 11) is 0. The van der Waals surface area contributed by atoms with Gasteiger partial charge in [0.15, 0.2) is 0 Å². The van der Waals surface area contributed by atoms with Gasteiger partial charge in [0.1, 0.15) is 0 Å². The first-order valence-corrected chi connectivity index (χ1v) is 8.21. The minimum absolute atomic E-state index is 0.764. The first kappa shape index (κ1) is 14.3. The number of nitrogens with one attached hydrogen (secondary N) is 1. The molecule has 0 bridgehead atoms. The second kappa shape index (κ2) is 6.91. The second-order valence-corrected chi connectivity index (χ2v) is 6.69. The lowest BCUT2D eigenvalue weighted by molar-refractivity contribution is 0.377. The van der Waals surface area contributed by atoms with Crippen molar-refractivity contribution in [2.75, 3.05) is 19.6 Å². The highest BCUT2D eigenvalue weighted by molar-refractivity contribution is 5.04. The Hall–Kier alpha value is -0.0800. The van der Waals surface area contributed by atoms with Crippen LogP contribution in [0.4, 0.5) is 0 Å². The Balaban J connectivity index is 1.49. The van der Waals surface area contributed by atoms with Gasteiger partial charge in [-0.3, -0.25) is 0 Å². The summed E-state index contributed by atoms with van der Waals surface area (Å²) in [6.07, 6.45) is 12.6. The Morgan fingerprint density at radius 2 is 2.00 bits per heavy atom. The zero-order valence-electron chi connectivity index (χ0n) is 12.2. The van der Waals surface area contributed by atoms with Crippen LogP contribution in [0.15, 0.2) is 0 Å². The molecule has 2 aliphatic carbocycles. The summed E-state index contributed by atoms with van der Waals surface area (Å²) in [6.45, 7) is 5.67. The maximum absolute atomic E-state index is 5.68. The maximum atomic E-state index is 5.68. The molecular formula is C16H32N2. The van der Waals surface area contributed by atoms with Crippen molar-refractivity contribution >= 4 is 0 Å². The summed E-state index contributed by atoms with van der Waals surface area (Å²) in [6, 6.07) is 0. The number of rotatable bonds is 11. The quantitative estimate of drug-likeness (QED) is 0.554. The van der Waals surface area contributed by atoms with Gasteiger partial charge in [0.05, 0.1) is 0 Å². The predicted molar refractivity (Wildman–Crippen MR) is 78.6 cm³/mol. The molecule has 18 heavy (non-hydrogen) atoms. The van der Waals surface area contributed by atoms with Crippen LogP contribution in [-0.2, 0) is 0 Å². The van der Waals surface area contributed by atoms with E-state index in [4.69, 9.17) is 5.73 Å². The Morgan fingerprint density at radius 1 is 1.22 bits per heavy atom. The van der Waals surface area contributed by atoms with Gasteiger partial charge >= 0.3 is 0 Å². The lowest BCUT2D eigenvalue weighted by Crippen LogP contribution is -2.26. The van der Waals surface area contributed by atoms with Gasteiger partial charge in [-0.05, 0) is 75.3 Å². The van der Waals surface area contributed by atoms with E-state index in [1.54, 1.807) is 0 Å². The van der Waals surface area contributed by atoms with Crippen molar-refractivity contribution in [2.45, 2.75) is 64.7 Å². The van der Waals surface area contributed by atoms with Crippen molar-refractivity contribution in [3.8, 4) is 0 Å². The van der Waals surface area contributed by atoms with E-state index in [-0.39, 0.29) is 0 Å². The highest BCUT2D eigenvalue weighted by atomic mass is 14.9. The molecule has 1 unspecified atom stereocenters. The smallest absolute Gasteiger partial charge is 0.00105 e. The van der Waals surface area contributed by atoms with E-state index in [1.807, 2.05) is 0 Å². The van der Waals surface area contributed by atoms with Crippen LogP contribution < -0.4 is 11.1 Å². The van der Waals surface area contributed by atoms with Crippen LogP contribution in [0.1, 0.15) is 64.7 Å². The molecule has 2 fully saturated rings. The zero-order valence-corrected chi connectivity index (χ0v) is 12.2. The monoisotopic (exact) mass is 252 g/mol. The minimum Gasteiger partial charge on any atom is -0.330 e. The summed E-state index contributed by atoms with van der Waals surface area (Å²) >= 11 is 0. The van der Waals surface area contributed by atoms with Crippen LogP contribution in [0.5, 0.6) is 0 Å². The van der Waals surface area contributed by atoms with Crippen molar-refractivity contribution < 1.29 is 0 Å². The van der Waals surface area contributed by atoms with E-state index in [9.17, 15) is 0 Å². The summed E-state index contributed by atoms with van der Waals surface area (Å²) in [5.41, 5.74) is 6.44. The van der Waals surface area contributed by atoms with Crippen LogP contribution in [0.2, 0.25) is 0 Å². The Bertz CT molecular complexity index is 225. The highest BCUT2D eigenvalue weighted by Crippen LogP contribution is 2.60. The van der Waals surface area contributed by atoms with Gasteiger partial charge in [0, 0.05) is 6.54 Å². The van der Waals surface area contributed by atoms with Gasteiger partial charge < -0.3 is 11.1 Å². The highest BCUT2D eigenvalue weighted by Gasteiger charge is 2.52. The van der Waals surface area contributed by atoms with Crippen molar-refractivity contribution in [2.24, 2.45) is 23.0 Å². The first-order chi connectivity index (χ1) is 8.80. The average molecular weight is 252 g/mol. The van der Waals surface area contributed by atoms with Crippen molar-refractivity contribution in [1.82, 2.24) is 5.32 Å².